The average molecular weight is 298 g/mol. The first-order valence-corrected chi connectivity index (χ1v) is 7.04. The number of aliphatic hydroxyl groups excluding tert-OH is 1. The summed E-state index contributed by atoms with van der Waals surface area (Å²) in [4.78, 5) is 0. The van der Waals surface area contributed by atoms with Gasteiger partial charge >= 0.3 is 0 Å². The fraction of sp³-hybridized carbons (Fsp3) is 0.571. The Morgan fingerprint density at radius 2 is 2.12 bits per heavy atom. The van der Waals surface area contributed by atoms with E-state index >= 15 is 0 Å². The molecule has 2 nitrogen and oxygen atoms in total. The van der Waals surface area contributed by atoms with Gasteiger partial charge in [0.05, 0.1) is 6.10 Å². The fourth-order valence-electron chi connectivity index (χ4n) is 2.88. The molecule has 1 aromatic rings. The van der Waals surface area contributed by atoms with E-state index in [0.717, 1.165) is 36.7 Å². The summed E-state index contributed by atoms with van der Waals surface area (Å²) < 4.78 is 1.14. The van der Waals surface area contributed by atoms with Crippen LogP contribution >= 0.6 is 15.9 Å². The van der Waals surface area contributed by atoms with Crippen LogP contribution in [0.25, 0.3) is 0 Å². The third kappa shape index (κ3) is 2.90. The number of nitrogens with one attached hydrogen (secondary N) is 1. The Balaban J connectivity index is 2.27. The molecule has 3 heteroatoms. The van der Waals surface area contributed by atoms with Crippen molar-refractivity contribution in [1.82, 2.24) is 5.32 Å². The Labute approximate surface area is 112 Å². The highest BCUT2D eigenvalue weighted by Crippen LogP contribution is 2.39. The maximum Gasteiger partial charge on any atom is 0.0541 e. The number of rotatable bonds is 3. The van der Waals surface area contributed by atoms with Crippen molar-refractivity contribution in [2.45, 2.75) is 37.2 Å². The zero-order valence-corrected chi connectivity index (χ0v) is 11.8. The molecule has 0 aliphatic heterocycles. The lowest BCUT2D eigenvalue weighted by molar-refractivity contribution is 0.0952. The molecule has 0 spiro atoms. The van der Waals surface area contributed by atoms with Crippen molar-refractivity contribution in [3.05, 3.63) is 34.3 Å². The maximum absolute atomic E-state index is 9.68. The fourth-order valence-corrected chi connectivity index (χ4v) is 3.28. The molecule has 0 saturated heterocycles. The number of hydrogen-bond donors (Lipinski definition) is 2. The van der Waals surface area contributed by atoms with Gasteiger partial charge in [-0.1, -0.05) is 28.1 Å². The second kappa shape index (κ2) is 5.51. The van der Waals surface area contributed by atoms with Crippen LogP contribution in [0.4, 0.5) is 0 Å². The molecule has 0 unspecified atom stereocenters. The van der Waals surface area contributed by atoms with Gasteiger partial charge in [-0.2, -0.15) is 0 Å². The molecule has 1 aromatic carbocycles. The molecule has 0 amide bonds. The first kappa shape index (κ1) is 13.1. The van der Waals surface area contributed by atoms with Crippen molar-refractivity contribution < 1.29 is 5.11 Å². The minimum atomic E-state index is -0.105. The van der Waals surface area contributed by atoms with Gasteiger partial charge in [-0.3, -0.25) is 0 Å². The molecule has 2 N–H and O–H groups in total. The number of likely N-dealkylation sites (N-methyl/N-ethyl adjacent to an activating group) is 1. The van der Waals surface area contributed by atoms with Crippen LogP contribution in [0.5, 0.6) is 0 Å². The Morgan fingerprint density at radius 3 is 2.71 bits per heavy atom. The number of benzene rings is 1. The van der Waals surface area contributed by atoms with E-state index in [1.807, 2.05) is 7.05 Å². The van der Waals surface area contributed by atoms with Crippen LogP contribution in [0.1, 0.15) is 31.2 Å². The Hall–Kier alpha value is -0.380. The van der Waals surface area contributed by atoms with Gasteiger partial charge in [0.1, 0.15) is 0 Å². The van der Waals surface area contributed by atoms with Crippen LogP contribution in [-0.4, -0.2) is 24.8 Å². The smallest absolute Gasteiger partial charge is 0.0541 e. The monoisotopic (exact) mass is 297 g/mol. The summed E-state index contributed by atoms with van der Waals surface area (Å²) in [6.07, 6.45) is 3.84. The molecular formula is C14H20BrNO. The molecule has 0 atom stereocenters. The van der Waals surface area contributed by atoms with E-state index in [9.17, 15) is 5.11 Å². The largest absolute Gasteiger partial charge is 0.393 e. The van der Waals surface area contributed by atoms with Crippen LogP contribution in [-0.2, 0) is 5.41 Å². The maximum atomic E-state index is 9.68. The Morgan fingerprint density at radius 1 is 1.41 bits per heavy atom. The normalized spacial score (nSPS) is 29.2. The predicted octanol–water partition coefficient (Wildman–Crippen LogP) is 2.84. The van der Waals surface area contributed by atoms with Gasteiger partial charge in [0.25, 0.3) is 0 Å². The summed E-state index contributed by atoms with van der Waals surface area (Å²) >= 11 is 3.55. The minimum absolute atomic E-state index is 0.105. The number of aliphatic hydroxyl groups is 1. The van der Waals surface area contributed by atoms with E-state index in [2.05, 4.69) is 45.5 Å². The summed E-state index contributed by atoms with van der Waals surface area (Å²) in [5.74, 6) is 0. The van der Waals surface area contributed by atoms with Gasteiger partial charge in [-0.05, 0) is 50.4 Å². The highest BCUT2D eigenvalue weighted by molar-refractivity contribution is 9.10. The van der Waals surface area contributed by atoms with Crippen molar-refractivity contribution in [3.63, 3.8) is 0 Å². The number of halogens is 1. The topological polar surface area (TPSA) is 32.3 Å². The molecule has 94 valence electrons. The van der Waals surface area contributed by atoms with Gasteiger partial charge in [0.2, 0.25) is 0 Å². The summed E-state index contributed by atoms with van der Waals surface area (Å²) in [5, 5.41) is 13.0. The molecule has 1 aliphatic rings. The third-order valence-corrected chi connectivity index (χ3v) is 4.36. The van der Waals surface area contributed by atoms with Gasteiger partial charge in [-0.15, -0.1) is 0 Å². The van der Waals surface area contributed by atoms with E-state index in [0.29, 0.717) is 0 Å². The highest BCUT2D eigenvalue weighted by atomic mass is 79.9. The molecule has 0 radical (unpaired) electrons. The van der Waals surface area contributed by atoms with Crippen LogP contribution in [0, 0.1) is 0 Å². The van der Waals surface area contributed by atoms with Crippen molar-refractivity contribution in [2.75, 3.05) is 13.6 Å². The second-order valence-corrected chi connectivity index (χ2v) is 5.97. The first-order chi connectivity index (χ1) is 8.16. The van der Waals surface area contributed by atoms with E-state index < -0.39 is 0 Å². The molecule has 0 bridgehead atoms. The van der Waals surface area contributed by atoms with Crippen LogP contribution in [0.3, 0.4) is 0 Å². The predicted molar refractivity (Wildman–Crippen MR) is 74.2 cm³/mol. The van der Waals surface area contributed by atoms with Gasteiger partial charge in [0, 0.05) is 16.4 Å². The molecule has 17 heavy (non-hydrogen) atoms. The zero-order chi connectivity index (χ0) is 12.3. The van der Waals surface area contributed by atoms with Gasteiger partial charge in [0.15, 0.2) is 0 Å². The van der Waals surface area contributed by atoms with Gasteiger partial charge < -0.3 is 10.4 Å². The lowest BCUT2D eigenvalue weighted by atomic mass is 9.68. The summed E-state index contributed by atoms with van der Waals surface area (Å²) in [5.41, 5.74) is 1.57. The highest BCUT2D eigenvalue weighted by Gasteiger charge is 2.35. The lowest BCUT2D eigenvalue weighted by Gasteiger charge is -2.39. The van der Waals surface area contributed by atoms with Crippen molar-refractivity contribution in [2.24, 2.45) is 0 Å². The van der Waals surface area contributed by atoms with Crippen LogP contribution in [0.2, 0.25) is 0 Å². The quantitative estimate of drug-likeness (QED) is 0.899. The second-order valence-electron chi connectivity index (χ2n) is 5.05. The van der Waals surface area contributed by atoms with E-state index in [1.54, 1.807) is 0 Å². The molecule has 1 fully saturated rings. The van der Waals surface area contributed by atoms with E-state index in [-0.39, 0.29) is 11.5 Å². The minimum Gasteiger partial charge on any atom is -0.393 e. The Bertz CT molecular complexity index is 372. The molecule has 1 saturated carbocycles. The average Bonchev–Trinajstić information content (AvgIpc) is 2.33. The third-order valence-electron chi connectivity index (χ3n) is 3.86. The van der Waals surface area contributed by atoms with Crippen molar-refractivity contribution in [1.29, 1.82) is 0 Å². The van der Waals surface area contributed by atoms with Crippen LogP contribution in [0.15, 0.2) is 28.7 Å². The number of hydrogen-bond acceptors (Lipinski definition) is 2. The summed E-state index contributed by atoms with van der Waals surface area (Å²) in [7, 11) is 2.00. The first-order valence-electron chi connectivity index (χ1n) is 6.25. The lowest BCUT2D eigenvalue weighted by Crippen LogP contribution is -2.41. The van der Waals surface area contributed by atoms with Gasteiger partial charge in [-0.25, -0.2) is 0 Å². The van der Waals surface area contributed by atoms with Crippen molar-refractivity contribution >= 4 is 15.9 Å². The van der Waals surface area contributed by atoms with Crippen LogP contribution < -0.4 is 5.32 Å². The zero-order valence-electron chi connectivity index (χ0n) is 10.2. The molecule has 2 rings (SSSR count). The summed E-state index contributed by atoms with van der Waals surface area (Å²) in [6.45, 7) is 0.982. The molecule has 0 heterocycles. The standard InChI is InChI=1S/C14H20BrNO/c1-16-10-14(7-5-13(17)6-8-14)11-3-2-4-12(15)9-11/h2-4,9,13,16-17H,5-8,10H2,1H3. The molecule has 0 aromatic heterocycles. The molecule has 1 aliphatic carbocycles. The molecular weight excluding hydrogens is 278 g/mol. The van der Waals surface area contributed by atoms with E-state index in [4.69, 9.17) is 0 Å². The van der Waals surface area contributed by atoms with Crippen molar-refractivity contribution in [3.8, 4) is 0 Å². The summed E-state index contributed by atoms with van der Waals surface area (Å²) in [6, 6.07) is 8.59. The SMILES string of the molecule is CNCC1(c2cccc(Br)c2)CCC(O)CC1. The Kier molecular flexibility index (Phi) is 4.23. The van der Waals surface area contributed by atoms with E-state index in [1.165, 1.54) is 5.56 Å².